The zero-order chi connectivity index (χ0) is 11.2. The molecule has 4 nitrogen and oxygen atoms in total. The Hall–Kier alpha value is -0.780. The maximum atomic E-state index is 10.2. The average molecular weight is 257 g/mol. The van der Waals surface area contributed by atoms with Gasteiger partial charge in [-0.05, 0) is 12.1 Å². The second-order valence-electron chi connectivity index (χ2n) is 2.05. The third-order valence-corrected chi connectivity index (χ3v) is 1.02. The molecule has 0 aliphatic carbocycles. The highest BCUT2D eigenvalue weighted by Gasteiger charge is 1.96. The van der Waals surface area contributed by atoms with E-state index >= 15 is 0 Å². The second-order valence-corrected chi connectivity index (χ2v) is 5.72. The standard InChI is InChI=1S/C7H6O2.Cl2O2S/c8-7(9)6-4-2-1-3-5-6;1-5(2,3)4/h1-5H,(H,8,9);. The van der Waals surface area contributed by atoms with Gasteiger partial charge in [-0.15, -0.1) is 0 Å². The maximum Gasteiger partial charge on any atom is 0.335 e. The summed E-state index contributed by atoms with van der Waals surface area (Å²) < 4.78 is 18.3. The quantitative estimate of drug-likeness (QED) is 0.782. The van der Waals surface area contributed by atoms with Crippen molar-refractivity contribution in [2.45, 2.75) is 0 Å². The van der Waals surface area contributed by atoms with E-state index in [2.05, 4.69) is 21.4 Å². The van der Waals surface area contributed by atoms with Gasteiger partial charge in [-0.25, -0.2) is 4.79 Å². The monoisotopic (exact) mass is 256 g/mol. The van der Waals surface area contributed by atoms with E-state index in [1.165, 1.54) is 0 Å². The minimum atomic E-state index is -3.72. The molecule has 7 heteroatoms. The smallest absolute Gasteiger partial charge is 0.335 e. The van der Waals surface area contributed by atoms with Gasteiger partial charge in [0.25, 0.3) is 0 Å². The topological polar surface area (TPSA) is 71.4 Å². The van der Waals surface area contributed by atoms with Crippen LogP contribution in [0.5, 0.6) is 0 Å². The van der Waals surface area contributed by atoms with Gasteiger partial charge in [0.15, 0.2) is 0 Å². The van der Waals surface area contributed by atoms with Crippen molar-refractivity contribution < 1.29 is 18.3 Å². The van der Waals surface area contributed by atoms with Crippen LogP contribution in [-0.2, 0) is 8.26 Å². The van der Waals surface area contributed by atoms with Crippen LogP contribution in [-0.4, -0.2) is 19.5 Å². The number of halogens is 2. The van der Waals surface area contributed by atoms with E-state index in [0.717, 1.165) is 0 Å². The van der Waals surface area contributed by atoms with E-state index < -0.39 is 14.2 Å². The Bertz CT molecular complexity index is 379. The maximum absolute atomic E-state index is 10.2. The molecule has 1 rings (SSSR count). The van der Waals surface area contributed by atoms with E-state index in [1.807, 2.05) is 0 Å². The molecule has 0 bridgehead atoms. The van der Waals surface area contributed by atoms with E-state index in [-0.39, 0.29) is 0 Å². The number of hydrogen-bond donors (Lipinski definition) is 1. The third kappa shape index (κ3) is 9.31. The van der Waals surface area contributed by atoms with Crippen LogP contribution < -0.4 is 0 Å². The lowest BCUT2D eigenvalue weighted by molar-refractivity contribution is 0.0697. The van der Waals surface area contributed by atoms with Crippen LogP contribution in [0.1, 0.15) is 10.4 Å². The summed E-state index contributed by atoms with van der Waals surface area (Å²) in [7, 11) is 4.81. The first-order valence-corrected chi connectivity index (χ1v) is 6.37. The lowest BCUT2D eigenvalue weighted by atomic mass is 10.2. The number of benzene rings is 1. The SMILES string of the molecule is O=C(O)c1ccccc1.O=S(=O)(Cl)Cl. The summed E-state index contributed by atoms with van der Waals surface area (Å²) in [6.45, 7) is 0. The summed E-state index contributed by atoms with van der Waals surface area (Å²) in [6, 6.07) is 8.30. The Morgan fingerprint density at radius 1 is 1.14 bits per heavy atom. The van der Waals surface area contributed by atoms with Gasteiger partial charge in [-0.3, -0.25) is 0 Å². The van der Waals surface area contributed by atoms with Gasteiger partial charge in [-0.2, -0.15) is 8.42 Å². The van der Waals surface area contributed by atoms with Crippen molar-refractivity contribution in [2.75, 3.05) is 0 Å². The van der Waals surface area contributed by atoms with Gasteiger partial charge in [-0.1, -0.05) is 18.2 Å². The highest BCUT2D eigenvalue weighted by molar-refractivity contribution is 8.31. The van der Waals surface area contributed by atoms with Crippen LogP contribution >= 0.6 is 21.4 Å². The predicted octanol–water partition coefficient (Wildman–Crippen LogP) is 2.09. The average Bonchev–Trinajstić information content (AvgIpc) is 2.03. The molecule has 1 aromatic rings. The minimum Gasteiger partial charge on any atom is -0.478 e. The first-order valence-electron chi connectivity index (χ1n) is 3.23. The zero-order valence-corrected chi connectivity index (χ0v) is 9.05. The van der Waals surface area contributed by atoms with Crippen LogP contribution in [0.4, 0.5) is 0 Å². The summed E-state index contributed by atoms with van der Waals surface area (Å²) in [5.41, 5.74) is 0.331. The van der Waals surface area contributed by atoms with Crippen LogP contribution in [0.25, 0.3) is 0 Å². The van der Waals surface area contributed by atoms with E-state index in [4.69, 9.17) is 13.5 Å². The molecule has 0 amide bonds. The van der Waals surface area contributed by atoms with E-state index in [0.29, 0.717) is 5.56 Å². The van der Waals surface area contributed by atoms with Crippen molar-refractivity contribution in [3.8, 4) is 0 Å². The molecule has 0 unspecified atom stereocenters. The normalized spacial score (nSPS) is 9.86. The van der Waals surface area contributed by atoms with Crippen LogP contribution in [0.3, 0.4) is 0 Å². The number of carboxylic acids is 1. The van der Waals surface area contributed by atoms with Gasteiger partial charge in [0.2, 0.25) is 0 Å². The van der Waals surface area contributed by atoms with Gasteiger partial charge < -0.3 is 5.11 Å². The Morgan fingerprint density at radius 3 is 1.71 bits per heavy atom. The molecule has 0 aromatic heterocycles. The summed E-state index contributed by atoms with van der Waals surface area (Å²) in [4.78, 5) is 10.2. The van der Waals surface area contributed by atoms with E-state index in [1.54, 1.807) is 30.3 Å². The molecule has 0 atom stereocenters. The number of rotatable bonds is 1. The molecule has 78 valence electrons. The van der Waals surface area contributed by atoms with Gasteiger partial charge in [0.1, 0.15) is 0 Å². The molecule has 0 radical (unpaired) electrons. The number of carboxylic acid groups (broad SMARTS) is 1. The fraction of sp³-hybridized carbons (Fsp3) is 0. The number of aromatic carboxylic acids is 1. The van der Waals surface area contributed by atoms with Crippen LogP contribution in [0, 0.1) is 0 Å². The Labute approximate surface area is 90.0 Å². The lowest BCUT2D eigenvalue weighted by Crippen LogP contribution is -1.93. The van der Waals surface area contributed by atoms with Gasteiger partial charge in [0.05, 0.1) is 5.56 Å². The molecule has 0 heterocycles. The van der Waals surface area contributed by atoms with Crippen LogP contribution in [0.15, 0.2) is 30.3 Å². The van der Waals surface area contributed by atoms with Crippen molar-refractivity contribution >= 4 is 35.6 Å². The first kappa shape index (κ1) is 13.2. The molecular weight excluding hydrogens is 251 g/mol. The molecular formula is C7H6Cl2O4S. The summed E-state index contributed by atoms with van der Waals surface area (Å²) in [5.74, 6) is -0.879. The second kappa shape index (κ2) is 5.85. The van der Waals surface area contributed by atoms with E-state index in [9.17, 15) is 4.79 Å². The summed E-state index contributed by atoms with van der Waals surface area (Å²) in [5, 5.41) is 8.38. The third-order valence-electron chi connectivity index (χ3n) is 1.02. The molecule has 0 aliphatic heterocycles. The molecule has 1 aromatic carbocycles. The largest absolute Gasteiger partial charge is 0.478 e. The fourth-order valence-electron chi connectivity index (χ4n) is 0.581. The summed E-state index contributed by atoms with van der Waals surface area (Å²) >= 11 is 0. The lowest BCUT2D eigenvalue weighted by Gasteiger charge is -1.88. The van der Waals surface area contributed by atoms with Crippen LogP contribution in [0.2, 0.25) is 0 Å². The van der Waals surface area contributed by atoms with Crippen molar-refractivity contribution in [3.05, 3.63) is 35.9 Å². The van der Waals surface area contributed by atoms with Crippen molar-refractivity contribution in [3.63, 3.8) is 0 Å². The minimum absolute atomic E-state index is 0.331. The van der Waals surface area contributed by atoms with Crippen molar-refractivity contribution in [1.82, 2.24) is 0 Å². The Kier molecular flexibility index (Phi) is 5.52. The van der Waals surface area contributed by atoms with Crippen molar-refractivity contribution in [1.29, 1.82) is 0 Å². The zero-order valence-electron chi connectivity index (χ0n) is 6.72. The Morgan fingerprint density at radius 2 is 1.50 bits per heavy atom. The molecule has 0 saturated heterocycles. The van der Waals surface area contributed by atoms with Crippen molar-refractivity contribution in [2.24, 2.45) is 0 Å². The van der Waals surface area contributed by atoms with Gasteiger partial charge >= 0.3 is 14.2 Å². The fourth-order valence-corrected chi connectivity index (χ4v) is 0.581. The van der Waals surface area contributed by atoms with Gasteiger partial charge in [0, 0.05) is 21.4 Å². The predicted molar refractivity (Wildman–Crippen MR) is 54.0 cm³/mol. The molecule has 0 spiro atoms. The summed E-state index contributed by atoms with van der Waals surface area (Å²) in [6.07, 6.45) is 0. The number of carbonyl (C=O) groups is 1. The molecule has 0 fully saturated rings. The molecule has 0 aliphatic rings. The first-order chi connectivity index (χ1) is 6.30. The highest BCUT2D eigenvalue weighted by atomic mass is 36.0. The highest BCUT2D eigenvalue weighted by Crippen LogP contribution is 1.98. The molecule has 1 N–H and O–H groups in total. The Balaban J connectivity index is 0.000000292. The molecule has 14 heavy (non-hydrogen) atoms. The number of hydrogen-bond acceptors (Lipinski definition) is 3. The molecule has 0 saturated carbocycles.